The van der Waals surface area contributed by atoms with Gasteiger partial charge in [0.25, 0.3) is 0 Å². The van der Waals surface area contributed by atoms with Crippen molar-refractivity contribution >= 4 is 17.3 Å². The minimum atomic E-state index is 0.632. The SMILES string of the molecule is C[N+]1=C(CCl)C=C1. The highest BCUT2D eigenvalue weighted by molar-refractivity contribution is 6.30. The molecular formula is C5H7ClN+. The van der Waals surface area contributed by atoms with Crippen LogP contribution in [0.1, 0.15) is 0 Å². The Morgan fingerprint density at radius 2 is 2.57 bits per heavy atom. The van der Waals surface area contributed by atoms with Gasteiger partial charge in [-0.2, -0.15) is 0 Å². The normalized spacial score (nSPS) is 17.4. The van der Waals surface area contributed by atoms with Crippen LogP contribution in [0.25, 0.3) is 0 Å². The number of nitrogens with zero attached hydrogens (tertiary/aromatic N) is 1. The fourth-order valence-corrected chi connectivity index (χ4v) is 0.745. The van der Waals surface area contributed by atoms with E-state index < -0.39 is 0 Å². The Labute approximate surface area is 47.9 Å². The maximum atomic E-state index is 5.47. The molecule has 38 valence electrons. The van der Waals surface area contributed by atoms with Gasteiger partial charge >= 0.3 is 0 Å². The van der Waals surface area contributed by atoms with Gasteiger partial charge in [0.15, 0.2) is 6.20 Å². The summed E-state index contributed by atoms with van der Waals surface area (Å²) in [6.07, 6.45) is 3.99. The van der Waals surface area contributed by atoms with E-state index in [2.05, 4.69) is 0 Å². The monoisotopic (exact) mass is 116 g/mol. The summed E-state index contributed by atoms with van der Waals surface area (Å²) in [5.41, 5.74) is 1.20. The Bertz CT molecular complexity index is 135. The quantitative estimate of drug-likeness (QED) is 0.353. The first-order chi connectivity index (χ1) is 3.34. The molecule has 0 aromatic heterocycles. The summed E-state index contributed by atoms with van der Waals surface area (Å²) in [7, 11) is 1.98. The molecule has 0 unspecified atom stereocenters. The highest BCUT2D eigenvalue weighted by atomic mass is 35.5. The second-order valence-corrected chi connectivity index (χ2v) is 1.82. The van der Waals surface area contributed by atoms with E-state index in [0.29, 0.717) is 5.88 Å². The maximum absolute atomic E-state index is 5.47. The van der Waals surface area contributed by atoms with Crippen LogP contribution in [0.4, 0.5) is 0 Å². The summed E-state index contributed by atoms with van der Waals surface area (Å²) in [4.78, 5) is 0. The van der Waals surface area contributed by atoms with E-state index in [0.717, 1.165) is 0 Å². The van der Waals surface area contributed by atoms with Crippen molar-refractivity contribution in [3.8, 4) is 0 Å². The number of hydrogen-bond donors (Lipinski definition) is 0. The Morgan fingerprint density at radius 1 is 1.86 bits per heavy atom. The highest BCUT2D eigenvalue weighted by Crippen LogP contribution is 1.95. The van der Waals surface area contributed by atoms with Crippen LogP contribution in [0, 0.1) is 0 Å². The number of allylic oxidation sites excluding steroid dienone is 1. The van der Waals surface area contributed by atoms with Gasteiger partial charge in [-0.25, -0.2) is 4.58 Å². The third-order valence-electron chi connectivity index (χ3n) is 1.08. The van der Waals surface area contributed by atoms with E-state index in [4.69, 9.17) is 11.6 Å². The zero-order chi connectivity index (χ0) is 5.28. The van der Waals surface area contributed by atoms with Crippen molar-refractivity contribution in [1.82, 2.24) is 0 Å². The fourth-order valence-electron chi connectivity index (χ4n) is 0.468. The predicted octanol–water partition coefficient (Wildman–Crippen LogP) is 0.836. The molecule has 0 aromatic rings. The summed E-state index contributed by atoms with van der Waals surface area (Å²) in [6, 6.07) is 0. The first-order valence-corrected chi connectivity index (χ1v) is 2.71. The molecule has 1 heterocycles. The molecule has 0 spiro atoms. The van der Waals surface area contributed by atoms with Gasteiger partial charge in [-0.1, -0.05) is 0 Å². The maximum Gasteiger partial charge on any atom is 0.201 e. The summed E-state index contributed by atoms with van der Waals surface area (Å²) < 4.78 is 2.01. The molecule has 1 rings (SSSR count). The zero-order valence-corrected chi connectivity index (χ0v) is 4.94. The van der Waals surface area contributed by atoms with E-state index in [-0.39, 0.29) is 0 Å². The van der Waals surface area contributed by atoms with Crippen LogP contribution in [0.15, 0.2) is 12.3 Å². The average molecular weight is 117 g/mol. The van der Waals surface area contributed by atoms with Crippen molar-refractivity contribution < 1.29 is 4.58 Å². The molecule has 0 atom stereocenters. The Balaban J connectivity index is 2.56. The molecule has 1 aliphatic heterocycles. The zero-order valence-electron chi connectivity index (χ0n) is 4.19. The van der Waals surface area contributed by atoms with E-state index in [1.807, 2.05) is 23.9 Å². The topological polar surface area (TPSA) is 3.01 Å². The molecule has 0 aliphatic carbocycles. The molecule has 0 fully saturated rings. The lowest BCUT2D eigenvalue weighted by Crippen LogP contribution is -2.19. The lowest BCUT2D eigenvalue weighted by Gasteiger charge is -1.98. The van der Waals surface area contributed by atoms with E-state index in [9.17, 15) is 0 Å². The summed E-state index contributed by atoms with van der Waals surface area (Å²) in [6.45, 7) is 0. The standard InChI is InChI=1S/C5H7ClN/c1-7-3-2-5(7)4-6/h2-3H,4H2,1H3/q+1. The average Bonchev–Trinajstić information content (AvgIpc) is 1.65. The van der Waals surface area contributed by atoms with E-state index in [1.54, 1.807) is 0 Å². The lowest BCUT2D eigenvalue weighted by atomic mass is 10.3. The molecule has 0 radical (unpaired) electrons. The van der Waals surface area contributed by atoms with Crippen molar-refractivity contribution in [3.05, 3.63) is 12.3 Å². The van der Waals surface area contributed by atoms with Gasteiger partial charge < -0.3 is 0 Å². The van der Waals surface area contributed by atoms with Crippen molar-refractivity contribution in [1.29, 1.82) is 0 Å². The third-order valence-corrected chi connectivity index (χ3v) is 1.35. The number of alkyl halides is 1. The largest absolute Gasteiger partial charge is 0.204 e. The lowest BCUT2D eigenvalue weighted by molar-refractivity contribution is -0.432. The van der Waals surface area contributed by atoms with Gasteiger partial charge in [0.1, 0.15) is 12.9 Å². The molecular weight excluding hydrogens is 110 g/mol. The second-order valence-electron chi connectivity index (χ2n) is 1.55. The Kier molecular flexibility index (Phi) is 1.15. The van der Waals surface area contributed by atoms with Crippen LogP contribution < -0.4 is 0 Å². The van der Waals surface area contributed by atoms with Crippen LogP contribution in [0.2, 0.25) is 0 Å². The molecule has 1 nitrogen and oxygen atoms in total. The van der Waals surface area contributed by atoms with Crippen molar-refractivity contribution in [2.24, 2.45) is 0 Å². The molecule has 0 amide bonds. The van der Waals surface area contributed by atoms with Crippen LogP contribution >= 0.6 is 11.6 Å². The van der Waals surface area contributed by atoms with Gasteiger partial charge in [0.05, 0.1) is 6.08 Å². The van der Waals surface area contributed by atoms with Gasteiger partial charge in [-0.05, 0) is 0 Å². The molecule has 0 bridgehead atoms. The number of rotatable bonds is 1. The molecule has 0 N–H and O–H groups in total. The van der Waals surface area contributed by atoms with Gasteiger partial charge in [0, 0.05) is 0 Å². The smallest absolute Gasteiger partial charge is 0.201 e. The molecule has 2 heteroatoms. The van der Waals surface area contributed by atoms with Crippen LogP contribution in [0.5, 0.6) is 0 Å². The first-order valence-electron chi connectivity index (χ1n) is 2.17. The third kappa shape index (κ3) is 0.682. The van der Waals surface area contributed by atoms with E-state index in [1.165, 1.54) is 5.71 Å². The minimum absolute atomic E-state index is 0.632. The molecule has 7 heavy (non-hydrogen) atoms. The first kappa shape index (κ1) is 4.85. The molecule has 1 aliphatic rings. The Morgan fingerprint density at radius 3 is 2.57 bits per heavy atom. The van der Waals surface area contributed by atoms with E-state index >= 15 is 0 Å². The number of halogens is 1. The van der Waals surface area contributed by atoms with Crippen LogP contribution in [-0.2, 0) is 0 Å². The number of hydrogen-bond acceptors (Lipinski definition) is 0. The van der Waals surface area contributed by atoms with Crippen molar-refractivity contribution in [3.63, 3.8) is 0 Å². The molecule has 0 saturated heterocycles. The van der Waals surface area contributed by atoms with Gasteiger partial charge in [-0.3, -0.25) is 0 Å². The minimum Gasteiger partial charge on any atom is -0.204 e. The fraction of sp³-hybridized carbons (Fsp3) is 0.400. The molecule has 0 aromatic carbocycles. The van der Waals surface area contributed by atoms with Gasteiger partial charge in [-0.15, -0.1) is 11.6 Å². The van der Waals surface area contributed by atoms with Crippen LogP contribution in [0.3, 0.4) is 0 Å². The van der Waals surface area contributed by atoms with Gasteiger partial charge in [0.2, 0.25) is 5.71 Å². The summed E-state index contributed by atoms with van der Waals surface area (Å²) in [5, 5.41) is 0. The molecule has 0 saturated carbocycles. The second kappa shape index (κ2) is 1.66. The summed E-state index contributed by atoms with van der Waals surface area (Å²) >= 11 is 5.47. The Hall–Kier alpha value is -0.300. The van der Waals surface area contributed by atoms with Crippen molar-refractivity contribution in [2.45, 2.75) is 0 Å². The predicted molar refractivity (Wildman–Crippen MR) is 31.1 cm³/mol. The summed E-state index contributed by atoms with van der Waals surface area (Å²) in [5.74, 6) is 0.632. The van der Waals surface area contributed by atoms with Crippen molar-refractivity contribution in [2.75, 3.05) is 12.9 Å². The highest BCUT2D eigenvalue weighted by Gasteiger charge is 2.11. The van der Waals surface area contributed by atoms with Crippen LogP contribution in [-0.4, -0.2) is 23.2 Å².